The minimum absolute atomic E-state index is 0.0181. The number of ether oxygens (including phenoxy) is 1. The van der Waals surface area contributed by atoms with Gasteiger partial charge >= 0.3 is 0 Å². The zero-order valence-electron chi connectivity index (χ0n) is 11.5. The predicted molar refractivity (Wildman–Crippen MR) is 77.3 cm³/mol. The van der Waals surface area contributed by atoms with Crippen LogP contribution in [0, 0.1) is 0 Å². The SMILES string of the molecule is C=CCN1C(=O)C(CC)(CC)Oc2ccc(N)cc21. The normalized spacial score (nSPS) is 16.7. The second kappa shape index (κ2) is 4.96. The third-order valence-electron chi connectivity index (χ3n) is 3.67. The van der Waals surface area contributed by atoms with Crippen molar-refractivity contribution in [1.82, 2.24) is 0 Å². The van der Waals surface area contributed by atoms with E-state index in [2.05, 4.69) is 6.58 Å². The zero-order valence-corrected chi connectivity index (χ0v) is 11.5. The standard InChI is InChI=1S/C15H20N2O2/c1-4-9-17-12-10-11(16)7-8-13(12)19-15(5-2,6-3)14(17)18/h4,7-8,10H,1,5-6,9,16H2,2-3H3. The van der Waals surface area contributed by atoms with Gasteiger partial charge in [-0.3, -0.25) is 4.79 Å². The van der Waals surface area contributed by atoms with Crippen molar-refractivity contribution in [2.24, 2.45) is 0 Å². The lowest BCUT2D eigenvalue weighted by Gasteiger charge is -2.41. The number of hydrogen-bond acceptors (Lipinski definition) is 3. The van der Waals surface area contributed by atoms with Crippen LogP contribution in [-0.2, 0) is 4.79 Å². The van der Waals surface area contributed by atoms with Crippen molar-refractivity contribution in [3.63, 3.8) is 0 Å². The van der Waals surface area contributed by atoms with Gasteiger partial charge in [-0.1, -0.05) is 19.9 Å². The molecule has 0 bridgehead atoms. The molecule has 1 heterocycles. The summed E-state index contributed by atoms with van der Waals surface area (Å²) in [4.78, 5) is 14.4. The van der Waals surface area contributed by atoms with E-state index < -0.39 is 5.60 Å². The fourth-order valence-electron chi connectivity index (χ4n) is 2.45. The molecule has 0 fully saturated rings. The molecule has 0 saturated carbocycles. The maximum Gasteiger partial charge on any atom is 0.271 e. The van der Waals surface area contributed by atoms with Crippen LogP contribution < -0.4 is 15.4 Å². The molecule has 1 amide bonds. The van der Waals surface area contributed by atoms with Gasteiger partial charge in [0.25, 0.3) is 5.91 Å². The molecule has 0 unspecified atom stereocenters. The number of rotatable bonds is 4. The number of nitrogen functional groups attached to an aromatic ring is 1. The van der Waals surface area contributed by atoms with E-state index in [9.17, 15) is 4.79 Å². The first kappa shape index (κ1) is 13.5. The van der Waals surface area contributed by atoms with Crippen LogP contribution >= 0.6 is 0 Å². The third kappa shape index (κ3) is 2.07. The first-order valence-electron chi connectivity index (χ1n) is 6.59. The molecular formula is C15H20N2O2. The minimum Gasteiger partial charge on any atom is -0.475 e. The van der Waals surface area contributed by atoms with Crippen LogP contribution in [0.5, 0.6) is 5.75 Å². The van der Waals surface area contributed by atoms with Gasteiger partial charge in [0.05, 0.1) is 5.69 Å². The molecule has 0 aromatic heterocycles. The highest BCUT2D eigenvalue weighted by Gasteiger charge is 2.45. The van der Waals surface area contributed by atoms with Crippen molar-refractivity contribution in [2.45, 2.75) is 32.3 Å². The molecule has 1 aliphatic rings. The van der Waals surface area contributed by atoms with Gasteiger partial charge in [-0.15, -0.1) is 6.58 Å². The van der Waals surface area contributed by atoms with Crippen molar-refractivity contribution in [1.29, 1.82) is 0 Å². The molecule has 1 aromatic rings. The maximum absolute atomic E-state index is 12.7. The van der Waals surface area contributed by atoms with E-state index in [4.69, 9.17) is 10.5 Å². The Balaban J connectivity index is 2.55. The zero-order chi connectivity index (χ0) is 14.0. The van der Waals surface area contributed by atoms with Crippen LogP contribution in [-0.4, -0.2) is 18.1 Å². The molecule has 2 rings (SSSR count). The Morgan fingerprint density at radius 3 is 2.68 bits per heavy atom. The summed E-state index contributed by atoms with van der Waals surface area (Å²) in [5.74, 6) is 0.690. The lowest BCUT2D eigenvalue weighted by atomic mass is 9.92. The molecule has 0 atom stereocenters. The van der Waals surface area contributed by atoms with Crippen LogP contribution in [0.2, 0.25) is 0 Å². The molecule has 19 heavy (non-hydrogen) atoms. The lowest BCUT2D eigenvalue weighted by molar-refractivity contribution is -0.136. The Kier molecular flexibility index (Phi) is 3.51. The number of hydrogen-bond donors (Lipinski definition) is 1. The van der Waals surface area contributed by atoms with Crippen molar-refractivity contribution >= 4 is 17.3 Å². The highest BCUT2D eigenvalue weighted by atomic mass is 16.5. The Morgan fingerprint density at radius 1 is 1.42 bits per heavy atom. The summed E-state index contributed by atoms with van der Waals surface area (Å²) in [5, 5.41) is 0. The number of carbonyl (C=O) groups excluding carboxylic acids is 1. The molecule has 1 aliphatic heterocycles. The average molecular weight is 260 g/mol. The smallest absolute Gasteiger partial charge is 0.271 e. The minimum atomic E-state index is -0.772. The van der Waals surface area contributed by atoms with E-state index >= 15 is 0 Å². The summed E-state index contributed by atoms with van der Waals surface area (Å²) in [5.41, 5.74) is 6.37. The second-order valence-corrected chi connectivity index (χ2v) is 4.74. The van der Waals surface area contributed by atoms with E-state index in [1.807, 2.05) is 19.9 Å². The Hall–Kier alpha value is -1.97. The topological polar surface area (TPSA) is 55.6 Å². The van der Waals surface area contributed by atoms with Crippen molar-refractivity contribution in [2.75, 3.05) is 17.2 Å². The molecule has 0 aliphatic carbocycles. The summed E-state index contributed by atoms with van der Waals surface area (Å²) in [7, 11) is 0. The van der Waals surface area contributed by atoms with Gasteiger partial charge in [-0.2, -0.15) is 0 Å². The van der Waals surface area contributed by atoms with Gasteiger partial charge in [-0.05, 0) is 31.0 Å². The van der Waals surface area contributed by atoms with Crippen molar-refractivity contribution in [3.05, 3.63) is 30.9 Å². The van der Waals surface area contributed by atoms with E-state index in [1.165, 1.54) is 0 Å². The van der Waals surface area contributed by atoms with E-state index in [-0.39, 0.29) is 5.91 Å². The Labute approximate surface area is 113 Å². The van der Waals surface area contributed by atoms with Crippen LogP contribution in [0.3, 0.4) is 0 Å². The monoisotopic (exact) mass is 260 g/mol. The number of anilines is 2. The van der Waals surface area contributed by atoms with Crippen LogP contribution in [0.1, 0.15) is 26.7 Å². The molecule has 1 aromatic carbocycles. The van der Waals surface area contributed by atoms with Crippen molar-refractivity contribution < 1.29 is 9.53 Å². The fraction of sp³-hybridized carbons (Fsp3) is 0.400. The average Bonchev–Trinajstić information content (AvgIpc) is 2.42. The predicted octanol–water partition coefficient (Wildman–Crippen LogP) is 2.74. The van der Waals surface area contributed by atoms with Gasteiger partial charge in [0.1, 0.15) is 5.75 Å². The van der Waals surface area contributed by atoms with E-state index in [1.54, 1.807) is 23.1 Å². The first-order valence-corrected chi connectivity index (χ1v) is 6.59. The van der Waals surface area contributed by atoms with Gasteiger partial charge in [-0.25, -0.2) is 0 Å². The molecule has 2 N–H and O–H groups in total. The van der Waals surface area contributed by atoms with Gasteiger partial charge in [0.15, 0.2) is 5.60 Å². The van der Waals surface area contributed by atoms with E-state index in [0.29, 0.717) is 30.8 Å². The lowest BCUT2D eigenvalue weighted by Crippen LogP contribution is -2.55. The van der Waals surface area contributed by atoms with Crippen LogP contribution in [0.15, 0.2) is 30.9 Å². The highest BCUT2D eigenvalue weighted by Crippen LogP contribution is 2.41. The Morgan fingerprint density at radius 2 is 2.11 bits per heavy atom. The van der Waals surface area contributed by atoms with E-state index in [0.717, 1.165) is 5.69 Å². The largest absolute Gasteiger partial charge is 0.475 e. The number of carbonyl (C=O) groups is 1. The molecule has 0 saturated heterocycles. The molecule has 4 heteroatoms. The maximum atomic E-state index is 12.7. The number of benzene rings is 1. The Bertz CT molecular complexity index is 507. The molecule has 102 valence electrons. The third-order valence-corrected chi connectivity index (χ3v) is 3.67. The van der Waals surface area contributed by atoms with Crippen LogP contribution in [0.4, 0.5) is 11.4 Å². The van der Waals surface area contributed by atoms with Crippen LogP contribution in [0.25, 0.3) is 0 Å². The molecule has 4 nitrogen and oxygen atoms in total. The second-order valence-electron chi connectivity index (χ2n) is 4.74. The number of amides is 1. The summed E-state index contributed by atoms with van der Waals surface area (Å²) >= 11 is 0. The number of nitrogens with two attached hydrogens (primary N) is 1. The molecular weight excluding hydrogens is 240 g/mol. The summed E-state index contributed by atoms with van der Waals surface area (Å²) in [6, 6.07) is 5.38. The van der Waals surface area contributed by atoms with Crippen molar-refractivity contribution in [3.8, 4) is 5.75 Å². The molecule has 0 radical (unpaired) electrons. The van der Waals surface area contributed by atoms with Gasteiger partial charge in [0, 0.05) is 12.2 Å². The summed E-state index contributed by atoms with van der Waals surface area (Å²) < 4.78 is 5.98. The number of nitrogens with zero attached hydrogens (tertiary/aromatic N) is 1. The van der Waals surface area contributed by atoms with Gasteiger partial charge in [0.2, 0.25) is 0 Å². The molecule has 0 spiro atoms. The summed E-state index contributed by atoms with van der Waals surface area (Å²) in [6.07, 6.45) is 2.99. The highest BCUT2D eigenvalue weighted by molar-refractivity contribution is 6.03. The fourth-order valence-corrected chi connectivity index (χ4v) is 2.45. The quantitative estimate of drug-likeness (QED) is 0.669. The van der Waals surface area contributed by atoms with Gasteiger partial charge < -0.3 is 15.4 Å². The first-order chi connectivity index (χ1) is 9.07. The summed E-state index contributed by atoms with van der Waals surface area (Å²) in [6.45, 7) is 8.11. The number of fused-ring (bicyclic) bond motifs is 1.